The molecule has 0 unspecified atom stereocenters. The first-order valence-corrected chi connectivity index (χ1v) is 7.35. The highest BCUT2D eigenvalue weighted by atomic mass is 16.5. The summed E-state index contributed by atoms with van der Waals surface area (Å²) in [6.07, 6.45) is 0. The second kappa shape index (κ2) is 5.64. The monoisotopic (exact) mass is 293 g/mol. The summed E-state index contributed by atoms with van der Waals surface area (Å²) in [4.78, 5) is 8.93. The highest BCUT2D eigenvalue weighted by molar-refractivity contribution is 5.97. The molecular formula is C18H19N3O. The van der Waals surface area contributed by atoms with Crippen LogP contribution in [0.15, 0.2) is 42.5 Å². The Bertz CT molecular complexity index is 828. The Morgan fingerprint density at radius 2 is 1.73 bits per heavy atom. The summed E-state index contributed by atoms with van der Waals surface area (Å²) in [6.45, 7) is 6.08. The third-order valence-electron chi connectivity index (χ3n) is 3.50. The lowest BCUT2D eigenvalue weighted by molar-refractivity contribution is 0.461. The number of benzene rings is 2. The van der Waals surface area contributed by atoms with Gasteiger partial charge in [-0.15, -0.1) is 0 Å². The Hall–Kier alpha value is -2.62. The predicted molar refractivity (Wildman–Crippen MR) is 89.3 cm³/mol. The summed E-state index contributed by atoms with van der Waals surface area (Å²) in [5.41, 5.74) is 7.66. The van der Waals surface area contributed by atoms with Crippen LogP contribution in [0.25, 0.3) is 10.8 Å². The molecule has 0 spiro atoms. The average Bonchev–Trinajstić information content (AvgIpc) is 2.50. The molecule has 0 aliphatic carbocycles. The largest absolute Gasteiger partial charge is 0.438 e. The van der Waals surface area contributed by atoms with Crippen molar-refractivity contribution in [1.29, 1.82) is 0 Å². The smallest absolute Gasteiger partial charge is 0.222 e. The van der Waals surface area contributed by atoms with Crippen molar-refractivity contribution >= 4 is 16.5 Å². The average molecular weight is 293 g/mol. The van der Waals surface area contributed by atoms with Gasteiger partial charge in [-0.05, 0) is 19.1 Å². The number of nitrogens with two attached hydrogens (primary N) is 1. The van der Waals surface area contributed by atoms with Gasteiger partial charge in [-0.3, -0.25) is 0 Å². The third-order valence-corrected chi connectivity index (χ3v) is 3.50. The molecular weight excluding hydrogens is 274 g/mol. The maximum Gasteiger partial charge on any atom is 0.222 e. The number of nitrogens with zero attached hydrogens (tertiary/aromatic N) is 2. The molecule has 4 nitrogen and oxygen atoms in total. The van der Waals surface area contributed by atoms with Crippen LogP contribution in [0.3, 0.4) is 0 Å². The summed E-state index contributed by atoms with van der Waals surface area (Å²) in [6, 6.07) is 13.5. The second-order valence-corrected chi connectivity index (χ2v) is 5.66. The molecule has 0 amide bonds. The highest BCUT2D eigenvalue weighted by Crippen LogP contribution is 2.32. The second-order valence-electron chi connectivity index (χ2n) is 5.66. The van der Waals surface area contributed by atoms with Gasteiger partial charge in [0.05, 0.1) is 0 Å². The van der Waals surface area contributed by atoms with Crippen molar-refractivity contribution in [2.24, 2.45) is 0 Å². The quantitative estimate of drug-likeness (QED) is 0.725. The molecule has 3 aromatic rings. The van der Waals surface area contributed by atoms with E-state index in [1.165, 1.54) is 0 Å². The maximum absolute atomic E-state index is 6.03. The first-order valence-electron chi connectivity index (χ1n) is 7.35. The molecule has 0 radical (unpaired) electrons. The van der Waals surface area contributed by atoms with Gasteiger partial charge in [-0.2, -0.15) is 4.98 Å². The van der Waals surface area contributed by atoms with E-state index in [0.717, 1.165) is 33.7 Å². The molecule has 0 fully saturated rings. The lowest BCUT2D eigenvalue weighted by Crippen LogP contribution is -2.01. The molecule has 0 saturated heterocycles. The van der Waals surface area contributed by atoms with Crippen molar-refractivity contribution in [2.45, 2.75) is 26.7 Å². The van der Waals surface area contributed by atoms with E-state index in [9.17, 15) is 0 Å². The molecule has 2 aromatic carbocycles. The van der Waals surface area contributed by atoms with E-state index in [2.05, 4.69) is 23.8 Å². The van der Waals surface area contributed by atoms with Crippen LogP contribution >= 0.6 is 0 Å². The fourth-order valence-electron chi connectivity index (χ4n) is 2.37. The molecule has 1 aromatic heterocycles. The van der Waals surface area contributed by atoms with Crippen LogP contribution in [0.2, 0.25) is 0 Å². The van der Waals surface area contributed by atoms with E-state index in [0.29, 0.717) is 5.88 Å². The zero-order chi connectivity index (χ0) is 15.7. The van der Waals surface area contributed by atoms with Gasteiger partial charge in [-0.1, -0.05) is 38.1 Å². The van der Waals surface area contributed by atoms with Crippen molar-refractivity contribution in [2.75, 3.05) is 5.73 Å². The maximum atomic E-state index is 6.03. The lowest BCUT2D eigenvalue weighted by Gasteiger charge is -2.12. The first-order chi connectivity index (χ1) is 10.5. The third kappa shape index (κ3) is 2.72. The molecule has 22 heavy (non-hydrogen) atoms. The Morgan fingerprint density at radius 3 is 2.45 bits per heavy atom. The normalized spacial score (nSPS) is 11.1. The molecule has 0 saturated carbocycles. The molecule has 0 aliphatic rings. The number of hydrogen-bond acceptors (Lipinski definition) is 4. The van der Waals surface area contributed by atoms with Crippen molar-refractivity contribution in [3.05, 3.63) is 54.0 Å². The Kier molecular flexibility index (Phi) is 3.67. The van der Waals surface area contributed by atoms with Crippen molar-refractivity contribution in [3.8, 4) is 11.6 Å². The standard InChI is InChI=1S/C18H19N3O/c1-11(2)18-20-12(3)10-17(21-18)22-16-9-8-15(19)13-6-4-5-7-14(13)16/h4-11H,19H2,1-3H3. The number of rotatable bonds is 3. The van der Waals surface area contributed by atoms with Crippen LogP contribution in [0.4, 0.5) is 5.69 Å². The molecule has 112 valence electrons. The molecule has 1 heterocycles. The van der Waals surface area contributed by atoms with E-state index in [-0.39, 0.29) is 5.92 Å². The number of nitrogen functional groups attached to an aromatic ring is 1. The van der Waals surface area contributed by atoms with E-state index >= 15 is 0 Å². The molecule has 3 rings (SSSR count). The van der Waals surface area contributed by atoms with E-state index < -0.39 is 0 Å². The number of hydrogen-bond donors (Lipinski definition) is 1. The van der Waals surface area contributed by atoms with Crippen LogP contribution in [0, 0.1) is 6.92 Å². The van der Waals surface area contributed by atoms with Gasteiger partial charge < -0.3 is 10.5 Å². The fraction of sp³-hybridized carbons (Fsp3) is 0.222. The Balaban J connectivity index is 2.06. The minimum atomic E-state index is 0.255. The number of aromatic nitrogens is 2. The minimum Gasteiger partial charge on any atom is -0.438 e. The van der Waals surface area contributed by atoms with Gasteiger partial charge in [-0.25, -0.2) is 4.98 Å². The minimum absolute atomic E-state index is 0.255. The molecule has 0 bridgehead atoms. The summed E-state index contributed by atoms with van der Waals surface area (Å²) in [5.74, 6) is 2.35. The van der Waals surface area contributed by atoms with Crippen molar-refractivity contribution in [1.82, 2.24) is 9.97 Å². The van der Waals surface area contributed by atoms with Crippen LogP contribution in [0.1, 0.15) is 31.3 Å². The van der Waals surface area contributed by atoms with Crippen LogP contribution in [0.5, 0.6) is 11.6 Å². The number of ether oxygens (including phenoxy) is 1. The molecule has 0 aliphatic heterocycles. The number of fused-ring (bicyclic) bond motifs is 1. The van der Waals surface area contributed by atoms with E-state index in [1.54, 1.807) is 0 Å². The molecule has 2 N–H and O–H groups in total. The van der Waals surface area contributed by atoms with Crippen molar-refractivity contribution in [3.63, 3.8) is 0 Å². The zero-order valence-corrected chi connectivity index (χ0v) is 13.0. The fourth-order valence-corrected chi connectivity index (χ4v) is 2.37. The van der Waals surface area contributed by atoms with Gasteiger partial charge in [0.25, 0.3) is 0 Å². The summed E-state index contributed by atoms with van der Waals surface area (Å²) in [7, 11) is 0. The number of anilines is 1. The van der Waals surface area contributed by atoms with Crippen LogP contribution in [-0.2, 0) is 0 Å². The SMILES string of the molecule is Cc1cc(Oc2ccc(N)c3ccccc23)nc(C(C)C)n1. The zero-order valence-electron chi connectivity index (χ0n) is 13.0. The van der Waals surface area contributed by atoms with Gasteiger partial charge >= 0.3 is 0 Å². The van der Waals surface area contributed by atoms with E-state index in [4.69, 9.17) is 10.5 Å². The van der Waals surface area contributed by atoms with Gasteiger partial charge in [0, 0.05) is 34.1 Å². The van der Waals surface area contributed by atoms with E-state index in [1.807, 2.05) is 49.4 Å². The van der Waals surface area contributed by atoms with Crippen LogP contribution < -0.4 is 10.5 Å². The Labute approximate surface area is 130 Å². The lowest BCUT2D eigenvalue weighted by atomic mass is 10.1. The predicted octanol–water partition coefficient (Wildman–Crippen LogP) is 4.44. The molecule has 0 atom stereocenters. The number of aryl methyl sites for hydroxylation is 1. The molecule has 4 heteroatoms. The topological polar surface area (TPSA) is 61.0 Å². The van der Waals surface area contributed by atoms with Crippen LogP contribution in [-0.4, -0.2) is 9.97 Å². The highest BCUT2D eigenvalue weighted by Gasteiger charge is 2.10. The van der Waals surface area contributed by atoms with Gasteiger partial charge in [0.15, 0.2) is 0 Å². The summed E-state index contributed by atoms with van der Waals surface area (Å²) in [5, 5.41) is 1.96. The Morgan fingerprint density at radius 1 is 1.00 bits per heavy atom. The first kappa shape index (κ1) is 14.3. The summed E-state index contributed by atoms with van der Waals surface area (Å²) >= 11 is 0. The van der Waals surface area contributed by atoms with Gasteiger partial charge in [0.1, 0.15) is 11.6 Å². The van der Waals surface area contributed by atoms with Gasteiger partial charge in [0.2, 0.25) is 5.88 Å². The van der Waals surface area contributed by atoms with Crippen molar-refractivity contribution < 1.29 is 4.74 Å². The summed E-state index contributed by atoms with van der Waals surface area (Å²) < 4.78 is 6.01.